The normalized spacial score (nSPS) is 14.5. The number of nitrogens with zero attached hydrogens (tertiary/aromatic N) is 3. The molecular formula is C29H29N5O4. The number of H-pyrrole nitrogens is 1. The van der Waals surface area contributed by atoms with Crippen LogP contribution in [0.2, 0.25) is 0 Å². The molecule has 1 saturated heterocycles. The van der Waals surface area contributed by atoms with E-state index in [4.69, 9.17) is 4.42 Å². The number of amides is 2. The molecule has 2 N–H and O–H groups in total. The van der Waals surface area contributed by atoms with Gasteiger partial charge in [-0.1, -0.05) is 18.2 Å². The number of benzene rings is 3. The van der Waals surface area contributed by atoms with Gasteiger partial charge in [-0.05, 0) is 49.4 Å². The number of para-hydroxylation sites is 1. The number of aromatic amines is 1. The minimum absolute atomic E-state index is 0.00394. The van der Waals surface area contributed by atoms with Crippen LogP contribution in [0.4, 0.5) is 10.5 Å². The Morgan fingerprint density at radius 1 is 0.947 bits per heavy atom. The monoisotopic (exact) mass is 511 g/mol. The molecule has 194 valence electrons. The van der Waals surface area contributed by atoms with Crippen LogP contribution in [0.15, 0.2) is 69.9 Å². The van der Waals surface area contributed by atoms with Gasteiger partial charge in [0.15, 0.2) is 11.4 Å². The first kappa shape index (κ1) is 24.0. The molecule has 1 aliphatic heterocycles. The molecule has 3 heterocycles. The smallest absolute Gasteiger partial charge is 0.408 e. The van der Waals surface area contributed by atoms with E-state index in [0.717, 1.165) is 23.1 Å². The van der Waals surface area contributed by atoms with Crippen molar-refractivity contribution in [1.82, 2.24) is 19.4 Å². The third-order valence-corrected chi connectivity index (χ3v) is 7.40. The molecule has 0 radical (unpaired) electrons. The van der Waals surface area contributed by atoms with E-state index in [-0.39, 0.29) is 11.8 Å². The molecule has 0 unspecified atom stereocenters. The first-order chi connectivity index (χ1) is 18.5. The number of urea groups is 1. The first-order valence-electron chi connectivity index (χ1n) is 13.0. The summed E-state index contributed by atoms with van der Waals surface area (Å²) in [6, 6.07) is 19.3. The van der Waals surface area contributed by atoms with Gasteiger partial charge in [-0.2, -0.15) is 0 Å². The zero-order valence-electron chi connectivity index (χ0n) is 21.2. The molecule has 5 aromatic rings. The van der Waals surface area contributed by atoms with E-state index in [2.05, 4.69) is 57.0 Å². The van der Waals surface area contributed by atoms with E-state index in [1.807, 2.05) is 17.0 Å². The van der Waals surface area contributed by atoms with Crippen molar-refractivity contribution in [2.24, 2.45) is 0 Å². The Morgan fingerprint density at radius 2 is 1.74 bits per heavy atom. The van der Waals surface area contributed by atoms with Gasteiger partial charge in [-0.3, -0.25) is 14.7 Å². The van der Waals surface area contributed by atoms with Crippen LogP contribution in [0, 0.1) is 0 Å². The number of aryl methyl sites for hydroxylation is 1. The molecule has 1 fully saturated rings. The lowest BCUT2D eigenvalue weighted by molar-refractivity contribution is 0.0942. The molecule has 2 aromatic heterocycles. The number of Topliss-reactive ketones (excluding diaryl/α,β-unsaturated/α-hetero) is 1. The number of ketones is 1. The van der Waals surface area contributed by atoms with Crippen LogP contribution < -0.4 is 11.1 Å². The zero-order chi connectivity index (χ0) is 26.2. The average Bonchev–Trinajstić information content (AvgIpc) is 3.47. The Bertz CT molecular complexity index is 1720. The highest BCUT2D eigenvalue weighted by Gasteiger charge is 2.22. The quantitative estimate of drug-likeness (QED) is 0.323. The fourth-order valence-corrected chi connectivity index (χ4v) is 5.37. The third-order valence-electron chi connectivity index (χ3n) is 7.40. The van der Waals surface area contributed by atoms with Crippen molar-refractivity contribution in [2.45, 2.75) is 19.9 Å². The molecule has 1 aliphatic rings. The highest BCUT2D eigenvalue weighted by atomic mass is 16.4. The summed E-state index contributed by atoms with van der Waals surface area (Å²) in [5, 5.41) is 5.38. The molecule has 0 saturated carbocycles. The van der Waals surface area contributed by atoms with Crippen LogP contribution in [-0.2, 0) is 6.54 Å². The van der Waals surface area contributed by atoms with Crippen molar-refractivity contribution < 1.29 is 14.0 Å². The lowest BCUT2D eigenvalue weighted by atomic mass is 10.1. The fourth-order valence-electron chi connectivity index (χ4n) is 5.37. The van der Waals surface area contributed by atoms with Crippen LogP contribution in [0.1, 0.15) is 23.7 Å². The van der Waals surface area contributed by atoms with E-state index >= 15 is 0 Å². The van der Waals surface area contributed by atoms with Crippen molar-refractivity contribution in [2.75, 3.05) is 38.0 Å². The molecule has 0 spiro atoms. The maximum Gasteiger partial charge on any atom is 0.417 e. The largest absolute Gasteiger partial charge is 0.417 e. The number of nitrogens with one attached hydrogen (secondary N) is 2. The summed E-state index contributed by atoms with van der Waals surface area (Å²) in [5.74, 6) is -0.535. The molecule has 6 rings (SSSR count). The number of rotatable bonds is 6. The topological polar surface area (TPSA) is 104 Å². The zero-order valence-corrected chi connectivity index (χ0v) is 21.2. The minimum atomic E-state index is -0.531. The fraction of sp³-hybridized carbons (Fsp3) is 0.276. The summed E-state index contributed by atoms with van der Waals surface area (Å²) in [6.45, 7) is 6.23. The summed E-state index contributed by atoms with van der Waals surface area (Å²) >= 11 is 0. The molecule has 0 bridgehead atoms. The van der Waals surface area contributed by atoms with E-state index in [1.54, 1.807) is 18.2 Å². The van der Waals surface area contributed by atoms with Gasteiger partial charge in [0.1, 0.15) is 0 Å². The van der Waals surface area contributed by atoms with Gasteiger partial charge in [0, 0.05) is 78.7 Å². The Hall–Kier alpha value is -4.37. The van der Waals surface area contributed by atoms with Gasteiger partial charge >= 0.3 is 11.8 Å². The maximum absolute atomic E-state index is 13.0. The van der Waals surface area contributed by atoms with Crippen LogP contribution in [0.25, 0.3) is 32.9 Å². The molecule has 38 heavy (non-hydrogen) atoms. The Kier molecular flexibility index (Phi) is 6.21. The molecular weight excluding hydrogens is 482 g/mol. The second-order valence-electron chi connectivity index (χ2n) is 9.65. The SMILES string of the molecule is CCn1c2ccccc2c2cc(NC(=O)N3CCN(CCC(=O)c4ccc5[nH]c(=O)oc5c4)CC3)ccc21. The van der Waals surface area contributed by atoms with Crippen molar-refractivity contribution in [3.63, 3.8) is 0 Å². The number of aromatic nitrogens is 2. The molecule has 9 nitrogen and oxygen atoms in total. The van der Waals surface area contributed by atoms with E-state index in [0.29, 0.717) is 55.8 Å². The van der Waals surface area contributed by atoms with Crippen molar-refractivity contribution in [3.05, 3.63) is 76.8 Å². The van der Waals surface area contributed by atoms with Gasteiger partial charge in [0.2, 0.25) is 0 Å². The molecule has 9 heteroatoms. The maximum atomic E-state index is 13.0. The van der Waals surface area contributed by atoms with Crippen LogP contribution in [-0.4, -0.2) is 63.9 Å². The van der Waals surface area contributed by atoms with E-state index in [9.17, 15) is 14.4 Å². The van der Waals surface area contributed by atoms with Crippen LogP contribution in [0.5, 0.6) is 0 Å². The van der Waals surface area contributed by atoms with Crippen LogP contribution >= 0.6 is 0 Å². The number of piperazine rings is 1. The van der Waals surface area contributed by atoms with Gasteiger partial charge in [-0.15, -0.1) is 0 Å². The summed E-state index contributed by atoms with van der Waals surface area (Å²) < 4.78 is 7.35. The lowest BCUT2D eigenvalue weighted by Crippen LogP contribution is -2.50. The minimum Gasteiger partial charge on any atom is -0.408 e. The number of hydrogen-bond acceptors (Lipinski definition) is 5. The molecule has 0 aliphatic carbocycles. The number of fused-ring (bicyclic) bond motifs is 4. The number of hydrogen-bond donors (Lipinski definition) is 2. The predicted molar refractivity (Wildman–Crippen MR) is 148 cm³/mol. The number of anilines is 1. The second kappa shape index (κ2) is 9.83. The van der Waals surface area contributed by atoms with Crippen molar-refractivity contribution in [1.29, 1.82) is 0 Å². The Labute approximate surface area is 218 Å². The standard InChI is InChI=1S/C29H29N5O4/c1-2-34-24-6-4-3-5-21(24)22-18-20(8-10-25(22)34)30-28(36)33-15-13-32(14-16-33)12-11-26(35)19-7-9-23-27(17-19)38-29(37)31-23/h3-10,17-18H,2,11-16H2,1H3,(H,30,36)(H,31,37). The van der Waals surface area contributed by atoms with Gasteiger partial charge in [-0.25, -0.2) is 9.59 Å². The second-order valence-corrected chi connectivity index (χ2v) is 9.65. The lowest BCUT2D eigenvalue weighted by Gasteiger charge is -2.34. The summed E-state index contributed by atoms with van der Waals surface area (Å²) in [5.41, 5.74) is 4.62. The van der Waals surface area contributed by atoms with Gasteiger partial charge in [0.05, 0.1) is 5.52 Å². The Balaban J connectivity index is 1.04. The van der Waals surface area contributed by atoms with E-state index in [1.165, 1.54) is 10.9 Å². The molecule has 2 amide bonds. The highest BCUT2D eigenvalue weighted by Crippen LogP contribution is 2.31. The Morgan fingerprint density at radius 3 is 2.55 bits per heavy atom. The van der Waals surface area contributed by atoms with Crippen molar-refractivity contribution in [3.8, 4) is 0 Å². The van der Waals surface area contributed by atoms with Crippen molar-refractivity contribution >= 4 is 50.4 Å². The highest BCUT2D eigenvalue weighted by molar-refractivity contribution is 6.09. The predicted octanol–water partition coefficient (Wildman–Crippen LogP) is 4.67. The molecule has 3 aromatic carbocycles. The van der Waals surface area contributed by atoms with Crippen LogP contribution in [0.3, 0.4) is 0 Å². The van der Waals surface area contributed by atoms with Gasteiger partial charge < -0.3 is 19.2 Å². The van der Waals surface area contributed by atoms with Gasteiger partial charge in [0.25, 0.3) is 0 Å². The summed E-state index contributed by atoms with van der Waals surface area (Å²) in [4.78, 5) is 43.6. The number of oxazole rings is 1. The third kappa shape index (κ3) is 4.45. The number of carbonyl (C=O) groups is 2. The average molecular weight is 512 g/mol. The molecule has 0 atom stereocenters. The van der Waals surface area contributed by atoms with E-state index < -0.39 is 5.76 Å². The number of carbonyl (C=O) groups excluding carboxylic acids is 2. The summed E-state index contributed by atoms with van der Waals surface area (Å²) in [7, 11) is 0. The summed E-state index contributed by atoms with van der Waals surface area (Å²) in [6.07, 6.45) is 0.359. The first-order valence-corrected chi connectivity index (χ1v) is 13.0.